The van der Waals surface area contributed by atoms with E-state index in [1.54, 1.807) is 0 Å². The molecular weight excluding hydrogens is 388 g/mol. The standard InChI is InChI=1S/C27H32O4/c1-4-6-10-16-30-26(28)24-20-12-8-9-13-21(20)25(27(29)31-17-11-7-5-2)23-18-19(3)14-15-22(23)24/h8-9,12-15,18H,4-7,10-11,16-17H2,1-3H3. The Kier molecular flexibility index (Phi) is 8.05. The zero-order chi connectivity index (χ0) is 22.2. The molecule has 0 aromatic heterocycles. The van der Waals surface area contributed by atoms with Gasteiger partial charge in [0.25, 0.3) is 0 Å². The summed E-state index contributed by atoms with van der Waals surface area (Å²) in [6, 6.07) is 13.4. The molecule has 0 spiro atoms. The molecule has 0 aliphatic carbocycles. The molecule has 0 saturated carbocycles. The van der Waals surface area contributed by atoms with Crippen LogP contribution in [0, 0.1) is 6.92 Å². The van der Waals surface area contributed by atoms with Crippen molar-refractivity contribution >= 4 is 33.5 Å². The second kappa shape index (κ2) is 10.9. The molecule has 164 valence electrons. The van der Waals surface area contributed by atoms with Gasteiger partial charge in [0.1, 0.15) is 0 Å². The van der Waals surface area contributed by atoms with Gasteiger partial charge in [0.2, 0.25) is 0 Å². The van der Waals surface area contributed by atoms with Crippen LogP contribution in [0.2, 0.25) is 0 Å². The molecule has 3 aromatic rings. The number of esters is 2. The van der Waals surface area contributed by atoms with Crippen LogP contribution in [0.15, 0.2) is 42.5 Å². The fourth-order valence-corrected chi connectivity index (χ4v) is 3.91. The molecule has 0 N–H and O–H groups in total. The molecule has 4 nitrogen and oxygen atoms in total. The molecule has 3 aromatic carbocycles. The van der Waals surface area contributed by atoms with Crippen LogP contribution in [0.25, 0.3) is 21.5 Å². The highest BCUT2D eigenvalue weighted by Gasteiger charge is 2.23. The number of fused-ring (bicyclic) bond motifs is 2. The fraction of sp³-hybridized carbons (Fsp3) is 0.407. The van der Waals surface area contributed by atoms with Crippen molar-refractivity contribution in [2.45, 2.75) is 59.3 Å². The Balaban J connectivity index is 2.11. The summed E-state index contributed by atoms with van der Waals surface area (Å²) >= 11 is 0. The van der Waals surface area contributed by atoms with Crippen LogP contribution in [0.5, 0.6) is 0 Å². The first kappa shape index (κ1) is 22.8. The maximum atomic E-state index is 13.1. The van der Waals surface area contributed by atoms with Gasteiger partial charge in [0.05, 0.1) is 24.3 Å². The van der Waals surface area contributed by atoms with Gasteiger partial charge in [-0.2, -0.15) is 0 Å². The number of hydrogen-bond donors (Lipinski definition) is 0. The molecule has 0 amide bonds. The summed E-state index contributed by atoms with van der Waals surface area (Å²) in [7, 11) is 0. The second-order valence-electron chi connectivity index (χ2n) is 8.03. The third-order valence-electron chi connectivity index (χ3n) is 5.55. The van der Waals surface area contributed by atoms with E-state index in [2.05, 4.69) is 13.8 Å². The van der Waals surface area contributed by atoms with Crippen molar-refractivity contribution in [1.82, 2.24) is 0 Å². The molecule has 4 heteroatoms. The Bertz CT molecular complexity index is 1070. The summed E-state index contributed by atoms with van der Waals surface area (Å²) in [5.41, 5.74) is 2.06. The Hall–Kier alpha value is -2.88. The van der Waals surface area contributed by atoms with Gasteiger partial charge in [-0.25, -0.2) is 9.59 Å². The first-order valence-corrected chi connectivity index (χ1v) is 11.4. The van der Waals surface area contributed by atoms with E-state index in [4.69, 9.17) is 9.47 Å². The van der Waals surface area contributed by atoms with Crippen molar-refractivity contribution in [3.63, 3.8) is 0 Å². The second-order valence-corrected chi connectivity index (χ2v) is 8.03. The van der Waals surface area contributed by atoms with Gasteiger partial charge in [-0.3, -0.25) is 0 Å². The largest absolute Gasteiger partial charge is 0.462 e. The number of benzene rings is 3. The van der Waals surface area contributed by atoms with Crippen molar-refractivity contribution in [3.05, 3.63) is 59.2 Å². The quantitative estimate of drug-likeness (QED) is 0.201. The maximum Gasteiger partial charge on any atom is 0.339 e. The van der Waals surface area contributed by atoms with E-state index in [9.17, 15) is 9.59 Å². The van der Waals surface area contributed by atoms with Gasteiger partial charge in [0.15, 0.2) is 0 Å². The number of hydrogen-bond acceptors (Lipinski definition) is 4. The summed E-state index contributed by atoms with van der Waals surface area (Å²) < 4.78 is 11.2. The summed E-state index contributed by atoms with van der Waals surface area (Å²) in [6.45, 7) is 7.01. The normalized spacial score (nSPS) is 11.1. The molecule has 0 unspecified atom stereocenters. The molecule has 0 radical (unpaired) electrons. The van der Waals surface area contributed by atoms with E-state index in [1.807, 2.05) is 49.4 Å². The Morgan fingerprint density at radius 1 is 0.677 bits per heavy atom. The third-order valence-corrected chi connectivity index (χ3v) is 5.55. The minimum atomic E-state index is -0.344. The SMILES string of the molecule is CCCCCOC(=O)c1c2ccccc2c(C(=O)OCCCCC)c2cc(C)ccc12. The van der Waals surface area contributed by atoms with Gasteiger partial charge in [0, 0.05) is 0 Å². The van der Waals surface area contributed by atoms with Crippen molar-refractivity contribution in [2.75, 3.05) is 13.2 Å². The van der Waals surface area contributed by atoms with Crippen LogP contribution < -0.4 is 0 Å². The molecule has 0 fully saturated rings. The summed E-state index contributed by atoms with van der Waals surface area (Å²) in [4.78, 5) is 26.2. The van der Waals surface area contributed by atoms with Gasteiger partial charge in [-0.05, 0) is 41.3 Å². The van der Waals surface area contributed by atoms with Crippen molar-refractivity contribution in [2.24, 2.45) is 0 Å². The smallest absolute Gasteiger partial charge is 0.339 e. The Morgan fingerprint density at radius 3 is 1.68 bits per heavy atom. The van der Waals surface area contributed by atoms with Crippen LogP contribution in [-0.4, -0.2) is 25.2 Å². The topological polar surface area (TPSA) is 52.6 Å². The number of rotatable bonds is 10. The number of ether oxygens (including phenoxy) is 2. The molecule has 0 aliphatic heterocycles. The van der Waals surface area contributed by atoms with Crippen LogP contribution >= 0.6 is 0 Å². The molecular formula is C27H32O4. The molecule has 3 rings (SSSR count). The van der Waals surface area contributed by atoms with Gasteiger partial charge in [-0.15, -0.1) is 0 Å². The highest BCUT2D eigenvalue weighted by molar-refractivity contribution is 6.24. The van der Waals surface area contributed by atoms with E-state index in [1.165, 1.54) is 0 Å². The van der Waals surface area contributed by atoms with Crippen molar-refractivity contribution < 1.29 is 19.1 Å². The zero-order valence-electron chi connectivity index (χ0n) is 18.8. The maximum absolute atomic E-state index is 13.1. The van der Waals surface area contributed by atoms with E-state index in [0.717, 1.165) is 65.6 Å². The lowest BCUT2D eigenvalue weighted by atomic mass is 9.91. The summed E-state index contributed by atoms with van der Waals surface area (Å²) in [6.07, 6.45) is 5.88. The lowest BCUT2D eigenvalue weighted by Crippen LogP contribution is -2.12. The average molecular weight is 421 g/mol. The number of carbonyl (C=O) groups is 2. The van der Waals surface area contributed by atoms with Crippen LogP contribution in [0.1, 0.15) is 78.7 Å². The zero-order valence-corrected chi connectivity index (χ0v) is 18.8. The lowest BCUT2D eigenvalue weighted by Gasteiger charge is -2.16. The minimum Gasteiger partial charge on any atom is -0.462 e. The predicted molar refractivity (Wildman–Crippen MR) is 126 cm³/mol. The summed E-state index contributed by atoms with van der Waals surface area (Å²) in [5.74, 6) is -0.685. The van der Waals surface area contributed by atoms with Gasteiger partial charge in [-0.1, -0.05) is 87.6 Å². The van der Waals surface area contributed by atoms with Crippen molar-refractivity contribution in [3.8, 4) is 0 Å². The lowest BCUT2D eigenvalue weighted by molar-refractivity contribution is 0.0490. The average Bonchev–Trinajstić information content (AvgIpc) is 2.77. The van der Waals surface area contributed by atoms with Crippen LogP contribution in [0.4, 0.5) is 0 Å². The molecule has 0 saturated heterocycles. The minimum absolute atomic E-state index is 0.342. The van der Waals surface area contributed by atoms with Crippen LogP contribution in [-0.2, 0) is 9.47 Å². The molecule has 0 atom stereocenters. The third kappa shape index (κ3) is 5.25. The highest BCUT2D eigenvalue weighted by Crippen LogP contribution is 2.34. The summed E-state index contributed by atoms with van der Waals surface area (Å²) in [5, 5.41) is 2.91. The first-order valence-electron chi connectivity index (χ1n) is 11.4. The van der Waals surface area contributed by atoms with Crippen LogP contribution in [0.3, 0.4) is 0 Å². The first-order chi connectivity index (χ1) is 15.1. The molecule has 0 heterocycles. The van der Waals surface area contributed by atoms with E-state index >= 15 is 0 Å². The molecule has 0 bridgehead atoms. The van der Waals surface area contributed by atoms with E-state index in [-0.39, 0.29) is 11.9 Å². The van der Waals surface area contributed by atoms with Gasteiger partial charge < -0.3 is 9.47 Å². The van der Waals surface area contributed by atoms with E-state index in [0.29, 0.717) is 24.3 Å². The number of carbonyl (C=O) groups excluding carboxylic acids is 2. The predicted octanol–water partition coefficient (Wildman–Crippen LogP) is 7.00. The number of aryl methyl sites for hydroxylation is 1. The molecule has 0 aliphatic rings. The Morgan fingerprint density at radius 2 is 1.16 bits per heavy atom. The highest BCUT2D eigenvalue weighted by atomic mass is 16.5. The van der Waals surface area contributed by atoms with E-state index < -0.39 is 0 Å². The molecule has 31 heavy (non-hydrogen) atoms. The monoisotopic (exact) mass is 420 g/mol. The Labute approximate surface area is 184 Å². The van der Waals surface area contributed by atoms with Gasteiger partial charge >= 0.3 is 11.9 Å². The van der Waals surface area contributed by atoms with Crippen molar-refractivity contribution in [1.29, 1.82) is 0 Å². The number of unbranched alkanes of at least 4 members (excludes halogenated alkanes) is 4. The fourth-order valence-electron chi connectivity index (χ4n) is 3.91.